The van der Waals surface area contributed by atoms with Gasteiger partial charge in [-0.15, -0.1) is 0 Å². The third kappa shape index (κ3) is 3.08. The highest BCUT2D eigenvalue weighted by Gasteiger charge is 2.30. The van der Waals surface area contributed by atoms with Crippen molar-refractivity contribution in [2.45, 2.75) is 12.0 Å². The summed E-state index contributed by atoms with van der Waals surface area (Å²) in [4.78, 5) is 0. The minimum Gasteiger partial charge on any atom is -0.270 e. The number of rotatable bonds is 4. The van der Waals surface area contributed by atoms with Crippen LogP contribution in [0.25, 0.3) is 6.08 Å². The molecule has 0 radical (unpaired) electrons. The Labute approximate surface area is 131 Å². The Kier molecular flexibility index (Phi) is 4.33. The first kappa shape index (κ1) is 14.5. The second-order valence-corrected chi connectivity index (χ2v) is 5.51. The minimum atomic E-state index is -0.383. The SMILES string of the molecule is NNC1(Cc2ccccc2)C=CC=CC1=Cc1ccccc1. The summed E-state index contributed by atoms with van der Waals surface area (Å²) < 4.78 is 0. The van der Waals surface area contributed by atoms with Crippen LogP contribution in [0.1, 0.15) is 11.1 Å². The summed E-state index contributed by atoms with van der Waals surface area (Å²) in [5, 5.41) is 0. The average molecular weight is 288 g/mol. The first-order valence-electron chi connectivity index (χ1n) is 7.47. The van der Waals surface area contributed by atoms with Crippen LogP contribution in [0.4, 0.5) is 0 Å². The number of nitrogens with two attached hydrogens (primary N) is 1. The van der Waals surface area contributed by atoms with E-state index in [0.29, 0.717) is 0 Å². The molecule has 1 atom stereocenters. The predicted octanol–water partition coefficient (Wildman–Crippen LogP) is 3.64. The maximum absolute atomic E-state index is 5.95. The highest BCUT2D eigenvalue weighted by molar-refractivity contribution is 5.62. The molecular weight excluding hydrogens is 268 g/mol. The Morgan fingerprint density at radius 1 is 0.909 bits per heavy atom. The summed E-state index contributed by atoms with van der Waals surface area (Å²) in [5.74, 6) is 5.95. The molecule has 22 heavy (non-hydrogen) atoms. The van der Waals surface area contributed by atoms with Gasteiger partial charge in [-0.3, -0.25) is 5.84 Å². The van der Waals surface area contributed by atoms with Gasteiger partial charge in [0.1, 0.15) is 0 Å². The summed E-state index contributed by atoms with van der Waals surface area (Å²) in [6, 6.07) is 20.7. The molecule has 0 aromatic heterocycles. The zero-order valence-corrected chi connectivity index (χ0v) is 12.4. The van der Waals surface area contributed by atoms with E-state index in [0.717, 1.165) is 12.0 Å². The number of hydrogen-bond acceptors (Lipinski definition) is 2. The van der Waals surface area contributed by atoms with Gasteiger partial charge in [0.25, 0.3) is 0 Å². The van der Waals surface area contributed by atoms with Crippen LogP contribution in [0, 0.1) is 0 Å². The smallest absolute Gasteiger partial charge is 0.0793 e. The van der Waals surface area contributed by atoms with Gasteiger partial charge < -0.3 is 0 Å². The zero-order chi connectivity index (χ0) is 15.3. The van der Waals surface area contributed by atoms with Crippen LogP contribution in [0.5, 0.6) is 0 Å². The third-order valence-electron chi connectivity index (χ3n) is 3.99. The van der Waals surface area contributed by atoms with E-state index >= 15 is 0 Å². The fourth-order valence-corrected chi connectivity index (χ4v) is 2.79. The van der Waals surface area contributed by atoms with Crippen LogP contribution in [-0.4, -0.2) is 5.54 Å². The number of allylic oxidation sites excluding steroid dienone is 2. The molecule has 2 aromatic rings. The molecule has 3 N–H and O–H groups in total. The summed E-state index contributed by atoms with van der Waals surface area (Å²) in [7, 11) is 0. The van der Waals surface area contributed by atoms with Crippen molar-refractivity contribution < 1.29 is 0 Å². The second kappa shape index (κ2) is 6.56. The Morgan fingerprint density at radius 3 is 2.27 bits per heavy atom. The molecule has 0 saturated heterocycles. The maximum atomic E-state index is 5.95. The van der Waals surface area contributed by atoms with E-state index < -0.39 is 0 Å². The molecule has 0 fully saturated rings. The third-order valence-corrected chi connectivity index (χ3v) is 3.99. The van der Waals surface area contributed by atoms with E-state index in [-0.39, 0.29) is 5.54 Å². The van der Waals surface area contributed by atoms with Gasteiger partial charge in [-0.25, -0.2) is 5.43 Å². The fourth-order valence-electron chi connectivity index (χ4n) is 2.79. The van der Waals surface area contributed by atoms with Gasteiger partial charge in [-0.1, -0.05) is 85.0 Å². The molecule has 0 spiro atoms. The molecule has 0 aliphatic heterocycles. The van der Waals surface area contributed by atoms with E-state index in [1.165, 1.54) is 11.1 Å². The van der Waals surface area contributed by atoms with Crippen LogP contribution >= 0.6 is 0 Å². The molecule has 0 heterocycles. The first-order chi connectivity index (χ1) is 10.8. The Hall–Kier alpha value is -2.42. The molecule has 1 unspecified atom stereocenters. The molecule has 0 bridgehead atoms. The van der Waals surface area contributed by atoms with Crippen molar-refractivity contribution in [3.05, 3.63) is 102 Å². The van der Waals surface area contributed by atoms with Gasteiger partial charge in [0.05, 0.1) is 5.54 Å². The van der Waals surface area contributed by atoms with Crippen molar-refractivity contribution in [1.82, 2.24) is 5.43 Å². The summed E-state index contributed by atoms with van der Waals surface area (Å²) in [6.45, 7) is 0. The van der Waals surface area contributed by atoms with Crippen LogP contribution in [0.2, 0.25) is 0 Å². The molecule has 0 amide bonds. The summed E-state index contributed by atoms with van der Waals surface area (Å²) >= 11 is 0. The molecule has 0 saturated carbocycles. The quantitative estimate of drug-likeness (QED) is 0.666. The van der Waals surface area contributed by atoms with Crippen molar-refractivity contribution >= 4 is 6.08 Å². The average Bonchev–Trinajstić information content (AvgIpc) is 2.58. The van der Waals surface area contributed by atoms with Crippen molar-refractivity contribution in [3.63, 3.8) is 0 Å². The summed E-state index contributed by atoms with van der Waals surface area (Å²) in [5.41, 5.74) is 6.23. The van der Waals surface area contributed by atoms with Crippen LogP contribution in [0.3, 0.4) is 0 Å². The lowest BCUT2D eigenvalue weighted by Crippen LogP contribution is -2.51. The van der Waals surface area contributed by atoms with E-state index in [4.69, 9.17) is 5.84 Å². The van der Waals surface area contributed by atoms with Crippen LogP contribution < -0.4 is 11.3 Å². The van der Waals surface area contributed by atoms with E-state index in [1.54, 1.807) is 0 Å². The molecule has 2 nitrogen and oxygen atoms in total. The molecule has 2 heteroatoms. The number of hydrazine groups is 1. The predicted molar refractivity (Wildman–Crippen MR) is 92.9 cm³/mol. The van der Waals surface area contributed by atoms with Gasteiger partial charge >= 0.3 is 0 Å². The fraction of sp³-hybridized carbons (Fsp3) is 0.100. The second-order valence-electron chi connectivity index (χ2n) is 5.51. The lowest BCUT2D eigenvalue weighted by Gasteiger charge is -2.33. The van der Waals surface area contributed by atoms with Crippen molar-refractivity contribution in [2.24, 2.45) is 5.84 Å². The monoisotopic (exact) mass is 288 g/mol. The van der Waals surface area contributed by atoms with Gasteiger partial charge in [0.2, 0.25) is 0 Å². The molecule has 110 valence electrons. The van der Waals surface area contributed by atoms with E-state index in [2.05, 4.69) is 66.1 Å². The highest BCUT2D eigenvalue weighted by Crippen LogP contribution is 2.29. The topological polar surface area (TPSA) is 38.0 Å². The largest absolute Gasteiger partial charge is 0.270 e. The van der Waals surface area contributed by atoms with Crippen molar-refractivity contribution in [3.8, 4) is 0 Å². The van der Waals surface area contributed by atoms with Crippen molar-refractivity contribution in [1.29, 1.82) is 0 Å². The molecule has 3 rings (SSSR count). The van der Waals surface area contributed by atoms with Gasteiger partial charge in [-0.05, 0) is 29.2 Å². The Bertz CT molecular complexity index is 699. The van der Waals surface area contributed by atoms with Crippen LogP contribution in [0.15, 0.2) is 90.5 Å². The minimum absolute atomic E-state index is 0.383. The molecule has 2 aromatic carbocycles. The first-order valence-corrected chi connectivity index (χ1v) is 7.47. The highest BCUT2D eigenvalue weighted by atomic mass is 15.3. The lowest BCUT2D eigenvalue weighted by atomic mass is 9.80. The molecule has 1 aliphatic carbocycles. The zero-order valence-electron chi connectivity index (χ0n) is 12.4. The standard InChI is InChI=1S/C20H20N2/c21-22-20(16-18-11-5-2-6-12-18)14-8-7-13-19(20)15-17-9-3-1-4-10-17/h1-15,22H,16,21H2. The number of hydrogen-bond donors (Lipinski definition) is 2. The van der Waals surface area contributed by atoms with E-state index in [1.807, 2.05) is 30.3 Å². The van der Waals surface area contributed by atoms with Gasteiger partial charge in [0.15, 0.2) is 0 Å². The molecular formula is C20H20N2. The maximum Gasteiger partial charge on any atom is 0.0793 e. The number of benzene rings is 2. The van der Waals surface area contributed by atoms with Gasteiger partial charge in [0, 0.05) is 0 Å². The van der Waals surface area contributed by atoms with Crippen LogP contribution in [-0.2, 0) is 6.42 Å². The Balaban J connectivity index is 1.98. The Morgan fingerprint density at radius 2 is 1.59 bits per heavy atom. The number of nitrogens with one attached hydrogen (secondary N) is 1. The molecule has 1 aliphatic rings. The van der Waals surface area contributed by atoms with Gasteiger partial charge in [-0.2, -0.15) is 0 Å². The normalized spacial score (nSPS) is 22.1. The summed E-state index contributed by atoms with van der Waals surface area (Å²) in [6.07, 6.45) is 11.3. The lowest BCUT2D eigenvalue weighted by molar-refractivity contribution is 0.479. The van der Waals surface area contributed by atoms with Crippen molar-refractivity contribution in [2.75, 3.05) is 0 Å². The van der Waals surface area contributed by atoms with E-state index in [9.17, 15) is 0 Å².